The standard InChI is InChI=1S/C11H17NO/c1-7-5-11(3,4)6-9(8(2)12)10(7)13/h6,8H,1,5,12H2,2-4H3. The van der Waals surface area contributed by atoms with E-state index in [2.05, 4.69) is 20.4 Å². The molecule has 1 atom stereocenters. The van der Waals surface area contributed by atoms with Crippen molar-refractivity contribution in [2.24, 2.45) is 11.1 Å². The number of hydrogen-bond donors (Lipinski definition) is 1. The van der Waals surface area contributed by atoms with Crippen molar-refractivity contribution < 1.29 is 4.79 Å². The van der Waals surface area contributed by atoms with E-state index in [1.165, 1.54) is 0 Å². The van der Waals surface area contributed by atoms with Crippen LogP contribution in [0.25, 0.3) is 0 Å². The van der Waals surface area contributed by atoms with Crippen molar-refractivity contribution in [3.63, 3.8) is 0 Å². The molecule has 72 valence electrons. The van der Waals surface area contributed by atoms with Gasteiger partial charge in [-0.2, -0.15) is 0 Å². The number of allylic oxidation sites excluding steroid dienone is 2. The van der Waals surface area contributed by atoms with Crippen molar-refractivity contribution in [3.05, 3.63) is 23.8 Å². The Balaban J connectivity index is 3.10. The van der Waals surface area contributed by atoms with Crippen LogP contribution < -0.4 is 5.73 Å². The summed E-state index contributed by atoms with van der Waals surface area (Å²) in [4.78, 5) is 11.6. The molecule has 0 aromatic rings. The first-order valence-electron chi connectivity index (χ1n) is 4.54. The molecule has 2 N–H and O–H groups in total. The first-order valence-corrected chi connectivity index (χ1v) is 4.54. The van der Waals surface area contributed by atoms with E-state index >= 15 is 0 Å². The Hall–Kier alpha value is -0.890. The maximum absolute atomic E-state index is 11.6. The fraction of sp³-hybridized carbons (Fsp3) is 0.545. The Morgan fingerprint density at radius 1 is 1.62 bits per heavy atom. The van der Waals surface area contributed by atoms with Gasteiger partial charge in [-0.3, -0.25) is 4.79 Å². The van der Waals surface area contributed by atoms with Gasteiger partial charge in [-0.15, -0.1) is 0 Å². The highest BCUT2D eigenvalue weighted by molar-refractivity contribution is 6.09. The molecule has 2 heteroatoms. The Labute approximate surface area is 79.5 Å². The lowest BCUT2D eigenvalue weighted by atomic mass is 9.75. The molecule has 0 saturated heterocycles. The molecule has 0 radical (unpaired) electrons. The predicted octanol–water partition coefficient (Wildman–Crippen LogP) is 1.82. The van der Waals surface area contributed by atoms with Crippen LogP contribution in [0.4, 0.5) is 0 Å². The van der Waals surface area contributed by atoms with Crippen molar-refractivity contribution >= 4 is 5.78 Å². The summed E-state index contributed by atoms with van der Waals surface area (Å²) in [5.41, 5.74) is 7.12. The zero-order valence-corrected chi connectivity index (χ0v) is 8.55. The van der Waals surface area contributed by atoms with Crippen LogP contribution in [0.1, 0.15) is 27.2 Å². The fourth-order valence-corrected chi connectivity index (χ4v) is 1.71. The third kappa shape index (κ3) is 2.07. The smallest absolute Gasteiger partial charge is 0.185 e. The van der Waals surface area contributed by atoms with Gasteiger partial charge in [0.2, 0.25) is 0 Å². The van der Waals surface area contributed by atoms with Crippen LogP contribution in [0, 0.1) is 5.41 Å². The number of carbonyl (C=O) groups is 1. The predicted molar refractivity (Wildman–Crippen MR) is 54.3 cm³/mol. The van der Waals surface area contributed by atoms with Crippen LogP contribution in [0.15, 0.2) is 23.8 Å². The van der Waals surface area contributed by atoms with Gasteiger partial charge >= 0.3 is 0 Å². The zero-order valence-electron chi connectivity index (χ0n) is 8.55. The topological polar surface area (TPSA) is 43.1 Å². The Morgan fingerprint density at radius 2 is 2.15 bits per heavy atom. The van der Waals surface area contributed by atoms with E-state index in [0.29, 0.717) is 11.1 Å². The third-order valence-electron chi connectivity index (χ3n) is 2.29. The molecule has 1 aliphatic rings. The highest BCUT2D eigenvalue weighted by Gasteiger charge is 2.29. The molecule has 0 amide bonds. The number of Topliss-reactive ketones (excluding diaryl/α,β-unsaturated/α-hetero) is 1. The lowest BCUT2D eigenvalue weighted by Gasteiger charge is -2.29. The van der Waals surface area contributed by atoms with E-state index in [1.54, 1.807) is 0 Å². The molecule has 0 bridgehead atoms. The summed E-state index contributed by atoms with van der Waals surface area (Å²) in [5.74, 6) is 0.0364. The van der Waals surface area contributed by atoms with Crippen molar-refractivity contribution in [2.45, 2.75) is 33.2 Å². The van der Waals surface area contributed by atoms with Crippen LogP contribution in [-0.2, 0) is 4.79 Å². The van der Waals surface area contributed by atoms with Gasteiger partial charge < -0.3 is 5.73 Å². The number of hydrogen-bond acceptors (Lipinski definition) is 2. The minimum atomic E-state index is -0.191. The lowest BCUT2D eigenvalue weighted by Crippen LogP contribution is -2.31. The first-order chi connectivity index (χ1) is 5.83. The number of ketones is 1. The van der Waals surface area contributed by atoms with Gasteiger partial charge in [0.05, 0.1) is 0 Å². The van der Waals surface area contributed by atoms with Gasteiger partial charge in [-0.05, 0) is 24.3 Å². The molecule has 1 aliphatic carbocycles. The molecule has 0 aromatic heterocycles. The second kappa shape index (κ2) is 3.11. The molecule has 2 nitrogen and oxygen atoms in total. The van der Waals surface area contributed by atoms with Crippen LogP contribution in [0.3, 0.4) is 0 Å². The van der Waals surface area contributed by atoms with Gasteiger partial charge in [0.1, 0.15) is 0 Å². The molecule has 0 saturated carbocycles. The summed E-state index contributed by atoms with van der Waals surface area (Å²) in [7, 11) is 0. The SMILES string of the molecule is C=C1CC(C)(C)C=C(C(C)N)C1=O. The van der Waals surface area contributed by atoms with Gasteiger partial charge in [-0.25, -0.2) is 0 Å². The van der Waals surface area contributed by atoms with Crippen molar-refractivity contribution in [3.8, 4) is 0 Å². The second-order valence-corrected chi connectivity index (χ2v) is 4.49. The maximum Gasteiger partial charge on any atom is 0.185 e. The summed E-state index contributed by atoms with van der Waals surface area (Å²) < 4.78 is 0. The van der Waals surface area contributed by atoms with Crippen molar-refractivity contribution in [2.75, 3.05) is 0 Å². The molecule has 1 rings (SSSR count). The molecule has 0 aromatic carbocycles. The minimum absolute atomic E-state index is 0.0218. The summed E-state index contributed by atoms with van der Waals surface area (Å²) in [5, 5.41) is 0. The average Bonchev–Trinajstić information content (AvgIpc) is 1.95. The van der Waals surface area contributed by atoms with Crippen LogP contribution in [0.2, 0.25) is 0 Å². The number of rotatable bonds is 1. The maximum atomic E-state index is 11.6. The van der Waals surface area contributed by atoms with Gasteiger partial charge in [0, 0.05) is 11.6 Å². The normalized spacial score (nSPS) is 24.2. The number of nitrogens with two attached hydrogens (primary N) is 1. The van der Waals surface area contributed by atoms with Crippen LogP contribution in [0.5, 0.6) is 0 Å². The van der Waals surface area contributed by atoms with Crippen LogP contribution >= 0.6 is 0 Å². The van der Waals surface area contributed by atoms with Crippen LogP contribution in [-0.4, -0.2) is 11.8 Å². The van der Waals surface area contributed by atoms with Gasteiger partial charge in [-0.1, -0.05) is 26.5 Å². The Bertz CT molecular complexity index is 284. The minimum Gasteiger partial charge on any atom is -0.324 e. The number of carbonyl (C=O) groups excluding carboxylic acids is 1. The van der Waals surface area contributed by atoms with Gasteiger partial charge in [0.15, 0.2) is 5.78 Å². The molecule has 0 fully saturated rings. The zero-order chi connectivity index (χ0) is 10.2. The summed E-state index contributed by atoms with van der Waals surface area (Å²) in [6.45, 7) is 9.79. The average molecular weight is 179 g/mol. The largest absolute Gasteiger partial charge is 0.324 e. The molecule has 0 spiro atoms. The lowest BCUT2D eigenvalue weighted by molar-refractivity contribution is -0.113. The van der Waals surface area contributed by atoms with Crippen molar-refractivity contribution in [1.29, 1.82) is 0 Å². The quantitative estimate of drug-likeness (QED) is 0.624. The van der Waals surface area contributed by atoms with E-state index in [-0.39, 0.29) is 17.2 Å². The Morgan fingerprint density at radius 3 is 2.62 bits per heavy atom. The molecule has 0 aliphatic heterocycles. The molecule has 13 heavy (non-hydrogen) atoms. The van der Waals surface area contributed by atoms with E-state index < -0.39 is 0 Å². The fourth-order valence-electron chi connectivity index (χ4n) is 1.71. The molecule has 1 unspecified atom stereocenters. The van der Waals surface area contributed by atoms with E-state index in [4.69, 9.17) is 5.73 Å². The van der Waals surface area contributed by atoms with E-state index in [1.807, 2.05) is 13.0 Å². The van der Waals surface area contributed by atoms with E-state index in [9.17, 15) is 4.79 Å². The first kappa shape index (κ1) is 10.2. The molecular weight excluding hydrogens is 162 g/mol. The van der Waals surface area contributed by atoms with Crippen molar-refractivity contribution in [1.82, 2.24) is 0 Å². The highest BCUT2D eigenvalue weighted by atomic mass is 16.1. The highest BCUT2D eigenvalue weighted by Crippen LogP contribution is 2.34. The molecular formula is C11H17NO. The van der Waals surface area contributed by atoms with Gasteiger partial charge in [0.25, 0.3) is 0 Å². The summed E-state index contributed by atoms with van der Waals surface area (Å²) in [6.07, 6.45) is 2.72. The Kier molecular flexibility index (Phi) is 2.44. The summed E-state index contributed by atoms with van der Waals surface area (Å²) in [6, 6.07) is -0.191. The summed E-state index contributed by atoms with van der Waals surface area (Å²) >= 11 is 0. The third-order valence-corrected chi connectivity index (χ3v) is 2.29. The molecule has 0 heterocycles. The second-order valence-electron chi connectivity index (χ2n) is 4.49. The van der Waals surface area contributed by atoms with E-state index in [0.717, 1.165) is 6.42 Å². The monoisotopic (exact) mass is 179 g/mol.